The minimum absolute atomic E-state index is 0.0445. The number of amides is 1. The van der Waals surface area contributed by atoms with Crippen molar-refractivity contribution in [3.63, 3.8) is 0 Å². The Labute approximate surface area is 175 Å². The van der Waals surface area contributed by atoms with Crippen LogP contribution in [0.2, 0.25) is 0 Å². The van der Waals surface area contributed by atoms with Crippen LogP contribution < -0.4 is 15.4 Å². The smallest absolute Gasteiger partial charge is 0.258 e. The summed E-state index contributed by atoms with van der Waals surface area (Å²) in [4.78, 5) is 18.2. The molecule has 0 unspecified atom stereocenters. The summed E-state index contributed by atoms with van der Waals surface area (Å²) < 4.78 is 5.55. The van der Waals surface area contributed by atoms with Crippen molar-refractivity contribution in [2.75, 3.05) is 33.8 Å². The van der Waals surface area contributed by atoms with E-state index in [2.05, 4.69) is 34.2 Å². The van der Waals surface area contributed by atoms with E-state index in [1.165, 1.54) is 18.4 Å². The highest BCUT2D eigenvalue weighted by Gasteiger charge is 2.23. The molecule has 0 radical (unpaired) electrons. The van der Waals surface area contributed by atoms with Crippen LogP contribution in [-0.4, -0.2) is 56.6 Å². The van der Waals surface area contributed by atoms with E-state index in [-0.39, 0.29) is 12.5 Å². The highest BCUT2D eigenvalue weighted by atomic mass is 16.5. The van der Waals surface area contributed by atoms with Crippen LogP contribution in [0.5, 0.6) is 5.75 Å². The molecular weight excluding hydrogens is 364 g/mol. The van der Waals surface area contributed by atoms with Crippen LogP contribution in [0.4, 0.5) is 0 Å². The zero-order chi connectivity index (χ0) is 20.9. The number of nitrogens with zero attached hydrogens (tertiary/aromatic N) is 2. The molecule has 0 spiro atoms. The van der Waals surface area contributed by atoms with Gasteiger partial charge in [-0.1, -0.05) is 24.6 Å². The Hall–Kier alpha value is -2.50. The maximum Gasteiger partial charge on any atom is 0.258 e. The van der Waals surface area contributed by atoms with Crippen molar-refractivity contribution in [2.45, 2.75) is 51.0 Å². The van der Waals surface area contributed by atoms with Gasteiger partial charge in [0.1, 0.15) is 5.75 Å². The molecule has 0 heterocycles. The van der Waals surface area contributed by atoms with Gasteiger partial charge >= 0.3 is 0 Å². The second-order valence-electron chi connectivity index (χ2n) is 7.56. The van der Waals surface area contributed by atoms with Gasteiger partial charge in [-0.05, 0) is 56.2 Å². The molecule has 1 amide bonds. The number of unbranched alkanes of at least 4 members (excludes halogenated alkanes) is 3. The van der Waals surface area contributed by atoms with Crippen LogP contribution >= 0.6 is 0 Å². The number of hydrogen-bond donors (Lipinski definition) is 2. The molecule has 6 heteroatoms. The zero-order valence-corrected chi connectivity index (χ0v) is 18.0. The minimum Gasteiger partial charge on any atom is -0.484 e. The van der Waals surface area contributed by atoms with Crippen LogP contribution in [0.15, 0.2) is 41.9 Å². The molecule has 6 nitrogen and oxygen atoms in total. The van der Waals surface area contributed by atoms with E-state index in [4.69, 9.17) is 4.74 Å². The number of guanidine groups is 1. The molecule has 0 aromatic heterocycles. The summed E-state index contributed by atoms with van der Waals surface area (Å²) in [6, 6.07) is 8.30. The van der Waals surface area contributed by atoms with Crippen molar-refractivity contribution in [1.29, 1.82) is 0 Å². The number of aliphatic imine (C=N–C) groups is 1. The molecule has 1 aliphatic carbocycles. The number of carbonyl (C=O) groups excluding carboxylic acids is 1. The first kappa shape index (κ1) is 22.8. The Morgan fingerprint density at radius 2 is 2.03 bits per heavy atom. The molecular formula is C23H36N4O2. The second kappa shape index (κ2) is 12.9. The molecule has 1 aromatic carbocycles. The molecule has 2 rings (SSSR count). The number of ether oxygens (including phenoxy) is 1. The number of hydrogen-bond acceptors (Lipinski definition) is 3. The third kappa shape index (κ3) is 9.50. The third-order valence-electron chi connectivity index (χ3n) is 4.91. The van der Waals surface area contributed by atoms with Gasteiger partial charge in [-0.2, -0.15) is 0 Å². The Morgan fingerprint density at radius 1 is 1.28 bits per heavy atom. The van der Waals surface area contributed by atoms with Gasteiger partial charge in [0.05, 0.1) is 0 Å². The fraction of sp³-hybridized carbons (Fsp3) is 0.565. The monoisotopic (exact) mass is 400 g/mol. The van der Waals surface area contributed by atoms with Crippen molar-refractivity contribution in [2.24, 2.45) is 4.99 Å². The second-order valence-corrected chi connectivity index (χ2v) is 7.56. The Bertz CT molecular complexity index is 653. The highest BCUT2D eigenvalue weighted by Crippen LogP contribution is 2.18. The molecule has 1 saturated carbocycles. The standard InChI is InChI=1S/C23H36N4O2/c1-4-5-6-7-8-17-27(3)23(24-2)25-16-15-19-9-13-21(14-10-19)29-18-22(28)26-20-11-12-20/h4,9-10,13-14,20H,1,5-8,11-12,15-18H2,2-3H3,(H,24,25)(H,26,28). The van der Waals surface area contributed by atoms with Gasteiger partial charge in [-0.25, -0.2) is 0 Å². The number of benzene rings is 1. The number of allylic oxidation sites excluding steroid dienone is 1. The summed E-state index contributed by atoms with van der Waals surface area (Å²) in [6.45, 7) is 5.65. The summed E-state index contributed by atoms with van der Waals surface area (Å²) in [5.41, 5.74) is 1.22. The van der Waals surface area contributed by atoms with Crippen molar-refractivity contribution in [1.82, 2.24) is 15.5 Å². The van der Waals surface area contributed by atoms with Crippen LogP contribution in [0, 0.1) is 0 Å². The largest absolute Gasteiger partial charge is 0.484 e. The zero-order valence-electron chi connectivity index (χ0n) is 18.0. The third-order valence-corrected chi connectivity index (χ3v) is 4.91. The van der Waals surface area contributed by atoms with Crippen molar-refractivity contribution >= 4 is 11.9 Å². The predicted octanol–water partition coefficient (Wildman–Crippen LogP) is 3.14. The Kier molecular flexibility index (Phi) is 10.1. The van der Waals surface area contributed by atoms with Crippen LogP contribution in [0.25, 0.3) is 0 Å². The highest BCUT2D eigenvalue weighted by molar-refractivity contribution is 5.79. The van der Waals surface area contributed by atoms with E-state index >= 15 is 0 Å². The fourth-order valence-electron chi connectivity index (χ4n) is 3.02. The molecule has 0 aliphatic heterocycles. The molecule has 0 saturated heterocycles. The first-order valence-corrected chi connectivity index (χ1v) is 10.7. The normalized spacial score (nSPS) is 13.7. The molecule has 1 aliphatic rings. The maximum atomic E-state index is 11.7. The van der Waals surface area contributed by atoms with Gasteiger partial charge in [-0.15, -0.1) is 6.58 Å². The summed E-state index contributed by atoms with van der Waals surface area (Å²) in [7, 11) is 3.90. The lowest BCUT2D eigenvalue weighted by atomic mass is 10.1. The summed E-state index contributed by atoms with van der Waals surface area (Å²) in [5.74, 6) is 1.60. The van der Waals surface area contributed by atoms with Gasteiger partial charge in [0.2, 0.25) is 0 Å². The van der Waals surface area contributed by atoms with Gasteiger partial charge in [0, 0.05) is 33.2 Å². The summed E-state index contributed by atoms with van der Waals surface area (Å²) >= 11 is 0. The van der Waals surface area contributed by atoms with Crippen LogP contribution in [0.1, 0.15) is 44.1 Å². The number of nitrogens with one attached hydrogen (secondary N) is 2. The van der Waals surface area contributed by atoms with Gasteiger partial charge < -0.3 is 20.3 Å². The van der Waals surface area contributed by atoms with E-state index in [9.17, 15) is 4.79 Å². The fourth-order valence-corrected chi connectivity index (χ4v) is 3.02. The topological polar surface area (TPSA) is 66.0 Å². The molecule has 1 aromatic rings. The van der Waals surface area contributed by atoms with Gasteiger partial charge in [0.25, 0.3) is 5.91 Å². The maximum absolute atomic E-state index is 11.7. The lowest BCUT2D eigenvalue weighted by Gasteiger charge is -2.22. The quantitative estimate of drug-likeness (QED) is 0.231. The first-order valence-electron chi connectivity index (χ1n) is 10.7. The molecule has 2 N–H and O–H groups in total. The predicted molar refractivity (Wildman–Crippen MR) is 119 cm³/mol. The minimum atomic E-state index is -0.0445. The van der Waals surface area contributed by atoms with Crippen molar-refractivity contribution in [3.8, 4) is 5.75 Å². The summed E-state index contributed by atoms with van der Waals surface area (Å²) in [5, 5.41) is 6.34. The van der Waals surface area contributed by atoms with Crippen LogP contribution in [0.3, 0.4) is 0 Å². The Balaban J connectivity index is 1.63. The molecule has 0 bridgehead atoms. The van der Waals surface area contributed by atoms with Gasteiger partial charge in [0.15, 0.2) is 12.6 Å². The average molecular weight is 401 g/mol. The van der Waals surface area contributed by atoms with E-state index in [0.717, 1.165) is 56.9 Å². The Morgan fingerprint density at radius 3 is 2.69 bits per heavy atom. The van der Waals surface area contributed by atoms with Crippen molar-refractivity contribution in [3.05, 3.63) is 42.5 Å². The lowest BCUT2D eigenvalue weighted by molar-refractivity contribution is -0.123. The first-order chi connectivity index (χ1) is 14.1. The van der Waals surface area contributed by atoms with Crippen LogP contribution in [-0.2, 0) is 11.2 Å². The molecule has 1 fully saturated rings. The lowest BCUT2D eigenvalue weighted by Crippen LogP contribution is -2.40. The molecule has 29 heavy (non-hydrogen) atoms. The van der Waals surface area contributed by atoms with E-state index in [0.29, 0.717) is 6.04 Å². The SMILES string of the molecule is C=CCCCCCN(C)C(=NC)NCCc1ccc(OCC(=O)NC2CC2)cc1. The van der Waals surface area contributed by atoms with Crippen molar-refractivity contribution < 1.29 is 9.53 Å². The molecule has 160 valence electrons. The average Bonchev–Trinajstić information content (AvgIpc) is 3.54. The van der Waals surface area contributed by atoms with E-state index in [1.54, 1.807) is 0 Å². The van der Waals surface area contributed by atoms with E-state index < -0.39 is 0 Å². The number of carbonyl (C=O) groups is 1. The molecule has 0 atom stereocenters. The number of rotatable bonds is 13. The van der Waals surface area contributed by atoms with Gasteiger partial charge in [-0.3, -0.25) is 9.79 Å². The van der Waals surface area contributed by atoms with E-state index in [1.807, 2.05) is 37.4 Å². The summed E-state index contributed by atoms with van der Waals surface area (Å²) in [6.07, 6.45) is 9.72.